The predicted octanol–water partition coefficient (Wildman–Crippen LogP) is 14.1. The second-order valence-corrected chi connectivity index (χ2v) is 14.2. The van der Waals surface area contributed by atoms with Crippen molar-refractivity contribution in [2.24, 2.45) is 0 Å². The molecule has 0 saturated carbocycles. The number of rotatable bonds is 38. The van der Waals surface area contributed by atoms with Gasteiger partial charge in [0.25, 0.3) is 0 Å². The van der Waals surface area contributed by atoms with Crippen molar-refractivity contribution in [3.63, 3.8) is 0 Å². The van der Waals surface area contributed by atoms with E-state index >= 15 is 0 Å². The van der Waals surface area contributed by atoms with Crippen molar-refractivity contribution in [1.29, 1.82) is 0 Å². The highest BCUT2D eigenvalue weighted by atomic mass is 16.6. The highest BCUT2D eigenvalue weighted by Crippen LogP contribution is 2.12. The molecule has 1 atom stereocenters. The van der Waals surface area contributed by atoms with Gasteiger partial charge in [0.05, 0.1) is 0 Å². The second-order valence-electron chi connectivity index (χ2n) is 14.2. The van der Waals surface area contributed by atoms with Crippen LogP contribution >= 0.6 is 0 Å². The number of unbranched alkanes of at least 4 members (excludes halogenated alkanes) is 13. The van der Waals surface area contributed by atoms with Gasteiger partial charge in [-0.05, 0) is 109 Å². The molecular formula is C49H80O6. The van der Waals surface area contributed by atoms with Gasteiger partial charge < -0.3 is 14.2 Å². The van der Waals surface area contributed by atoms with Gasteiger partial charge in [-0.15, -0.1) is 0 Å². The fourth-order valence-electron chi connectivity index (χ4n) is 5.58. The van der Waals surface area contributed by atoms with Crippen molar-refractivity contribution in [1.82, 2.24) is 0 Å². The largest absolute Gasteiger partial charge is 0.462 e. The van der Waals surface area contributed by atoms with Gasteiger partial charge in [-0.3, -0.25) is 14.4 Å². The summed E-state index contributed by atoms with van der Waals surface area (Å²) < 4.78 is 16.6. The lowest BCUT2D eigenvalue weighted by molar-refractivity contribution is -0.167. The molecule has 0 aliphatic rings. The summed E-state index contributed by atoms with van der Waals surface area (Å²) in [6.07, 6.45) is 54.3. The van der Waals surface area contributed by atoms with Gasteiger partial charge in [-0.1, -0.05) is 144 Å². The van der Waals surface area contributed by atoms with Crippen LogP contribution in [0.4, 0.5) is 0 Å². The Balaban J connectivity index is 4.46. The lowest BCUT2D eigenvalue weighted by Gasteiger charge is -2.18. The Morgan fingerprint density at radius 3 is 1.18 bits per heavy atom. The number of esters is 3. The lowest BCUT2D eigenvalue weighted by atomic mass is 10.1. The molecule has 0 aliphatic carbocycles. The molecule has 0 radical (unpaired) electrons. The fourth-order valence-corrected chi connectivity index (χ4v) is 5.58. The zero-order valence-corrected chi connectivity index (χ0v) is 35.4. The molecule has 0 bridgehead atoms. The van der Waals surface area contributed by atoms with E-state index in [2.05, 4.69) is 106 Å². The van der Waals surface area contributed by atoms with Crippen LogP contribution in [-0.2, 0) is 28.6 Å². The molecule has 0 spiro atoms. The number of ether oxygens (including phenoxy) is 3. The van der Waals surface area contributed by atoms with Crippen LogP contribution in [0, 0.1) is 0 Å². The van der Waals surface area contributed by atoms with Crippen LogP contribution in [0.5, 0.6) is 0 Å². The second kappa shape index (κ2) is 43.3. The first-order valence-corrected chi connectivity index (χ1v) is 22.1. The minimum atomic E-state index is -0.804. The van der Waals surface area contributed by atoms with E-state index in [1.165, 1.54) is 32.1 Å². The Hall–Kier alpha value is -3.41. The number of carbonyl (C=O) groups excluding carboxylic acids is 3. The van der Waals surface area contributed by atoms with Crippen LogP contribution in [0.3, 0.4) is 0 Å². The summed E-state index contributed by atoms with van der Waals surface area (Å²) in [7, 11) is 0. The Morgan fingerprint density at radius 2 is 0.709 bits per heavy atom. The van der Waals surface area contributed by atoms with Crippen molar-refractivity contribution >= 4 is 17.9 Å². The summed E-state index contributed by atoms with van der Waals surface area (Å²) in [6, 6.07) is 0. The van der Waals surface area contributed by atoms with Crippen LogP contribution in [0.1, 0.15) is 188 Å². The van der Waals surface area contributed by atoms with E-state index in [-0.39, 0.29) is 31.1 Å². The van der Waals surface area contributed by atoms with Gasteiger partial charge in [0.15, 0.2) is 6.10 Å². The van der Waals surface area contributed by atoms with Crippen LogP contribution in [0.15, 0.2) is 85.1 Å². The monoisotopic (exact) mass is 765 g/mol. The van der Waals surface area contributed by atoms with Gasteiger partial charge in [-0.2, -0.15) is 0 Å². The van der Waals surface area contributed by atoms with Gasteiger partial charge in [0.2, 0.25) is 0 Å². The first-order valence-electron chi connectivity index (χ1n) is 22.1. The summed E-state index contributed by atoms with van der Waals surface area (Å²) in [5.41, 5.74) is 0. The Labute approximate surface area is 337 Å². The van der Waals surface area contributed by atoms with Gasteiger partial charge in [0, 0.05) is 19.3 Å². The van der Waals surface area contributed by atoms with Crippen molar-refractivity contribution in [3.8, 4) is 0 Å². The number of carbonyl (C=O) groups is 3. The smallest absolute Gasteiger partial charge is 0.306 e. The molecule has 1 unspecified atom stereocenters. The standard InChI is InChI=1S/C49H80O6/c1-4-7-10-13-16-19-21-23-24-25-26-28-30-33-36-39-42-48(51)54-45-46(44-53-47(50)41-38-35-32-29-18-15-12-9-6-3)55-49(52)43-40-37-34-31-27-22-20-17-14-11-8-5-2/h7,9-10,12,16-20,23-24,26,28-29,46H,4-6,8,11,13-15,21-22,25,27,30-45H2,1-3H3/b10-7-,12-9-,19-16-,20-17-,24-23-,28-26-,29-18-. The first-order chi connectivity index (χ1) is 27.0. The van der Waals surface area contributed by atoms with Crippen molar-refractivity contribution in [3.05, 3.63) is 85.1 Å². The molecule has 0 heterocycles. The normalized spacial score (nSPS) is 12.9. The minimum Gasteiger partial charge on any atom is -0.462 e. The third-order valence-corrected chi connectivity index (χ3v) is 8.86. The van der Waals surface area contributed by atoms with E-state index in [1.807, 2.05) is 0 Å². The molecule has 0 saturated heterocycles. The molecular weight excluding hydrogens is 685 g/mol. The van der Waals surface area contributed by atoms with E-state index in [4.69, 9.17) is 14.2 Å². The molecule has 0 aromatic heterocycles. The van der Waals surface area contributed by atoms with Crippen molar-refractivity contribution in [2.75, 3.05) is 13.2 Å². The molecule has 0 amide bonds. The highest BCUT2D eigenvalue weighted by Gasteiger charge is 2.19. The van der Waals surface area contributed by atoms with E-state index < -0.39 is 6.10 Å². The van der Waals surface area contributed by atoms with Gasteiger partial charge >= 0.3 is 17.9 Å². The zero-order chi connectivity index (χ0) is 40.1. The number of hydrogen-bond acceptors (Lipinski definition) is 6. The Kier molecular flexibility index (Phi) is 40.6. The SMILES string of the molecule is CC/C=C\C/C=C\C/C=C\C/C=C\CCCCCC(=O)OCC(COC(=O)CCCC/C=C\C/C=C\CC)OC(=O)CCCCCCC/C=C\CCCCC. The average molecular weight is 765 g/mol. The van der Waals surface area contributed by atoms with Crippen molar-refractivity contribution < 1.29 is 28.6 Å². The third-order valence-electron chi connectivity index (χ3n) is 8.86. The van der Waals surface area contributed by atoms with Gasteiger partial charge in [-0.25, -0.2) is 0 Å². The quantitative estimate of drug-likeness (QED) is 0.0270. The molecule has 55 heavy (non-hydrogen) atoms. The summed E-state index contributed by atoms with van der Waals surface area (Å²) in [5.74, 6) is -0.993. The maximum absolute atomic E-state index is 12.7. The molecule has 0 rings (SSSR count). The van der Waals surface area contributed by atoms with Crippen LogP contribution < -0.4 is 0 Å². The molecule has 312 valence electrons. The molecule has 0 fully saturated rings. The number of hydrogen-bond donors (Lipinski definition) is 0. The minimum absolute atomic E-state index is 0.108. The molecule has 6 nitrogen and oxygen atoms in total. The zero-order valence-electron chi connectivity index (χ0n) is 35.4. The Bertz CT molecular complexity index is 1110. The Morgan fingerprint density at radius 1 is 0.382 bits per heavy atom. The maximum atomic E-state index is 12.7. The van der Waals surface area contributed by atoms with E-state index in [1.54, 1.807) is 0 Å². The summed E-state index contributed by atoms with van der Waals surface area (Å²) in [5, 5.41) is 0. The lowest BCUT2D eigenvalue weighted by Crippen LogP contribution is -2.30. The summed E-state index contributed by atoms with van der Waals surface area (Å²) in [4.78, 5) is 37.6. The predicted molar refractivity (Wildman–Crippen MR) is 233 cm³/mol. The highest BCUT2D eigenvalue weighted by molar-refractivity contribution is 5.71. The molecule has 0 aromatic carbocycles. The average Bonchev–Trinajstić information content (AvgIpc) is 3.18. The van der Waals surface area contributed by atoms with Crippen LogP contribution in [0.25, 0.3) is 0 Å². The first kappa shape index (κ1) is 51.6. The molecule has 0 aliphatic heterocycles. The van der Waals surface area contributed by atoms with E-state index in [0.29, 0.717) is 19.3 Å². The topological polar surface area (TPSA) is 78.9 Å². The van der Waals surface area contributed by atoms with Crippen LogP contribution in [-0.4, -0.2) is 37.2 Å². The summed E-state index contributed by atoms with van der Waals surface area (Å²) >= 11 is 0. The molecule has 6 heteroatoms. The van der Waals surface area contributed by atoms with Crippen molar-refractivity contribution in [2.45, 2.75) is 194 Å². The molecule has 0 aromatic rings. The maximum Gasteiger partial charge on any atom is 0.306 e. The van der Waals surface area contributed by atoms with Crippen LogP contribution in [0.2, 0.25) is 0 Å². The van der Waals surface area contributed by atoms with E-state index in [9.17, 15) is 14.4 Å². The fraction of sp³-hybridized carbons (Fsp3) is 0.653. The van der Waals surface area contributed by atoms with E-state index in [0.717, 1.165) is 116 Å². The molecule has 0 N–H and O–H groups in total. The summed E-state index contributed by atoms with van der Waals surface area (Å²) in [6.45, 7) is 6.28. The van der Waals surface area contributed by atoms with Gasteiger partial charge in [0.1, 0.15) is 13.2 Å². The third kappa shape index (κ3) is 41.6. The number of allylic oxidation sites excluding steroid dienone is 14.